The Balaban J connectivity index is 1.78. The van der Waals surface area contributed by atoms with Gasteiger partial charge in [0.1, 0.15) is 22.7 Å². The van der Waals surface area contributed by atoms with Gasteiger partial charge >= 0.3 is 5.97 Å². The van der Waals surface area contributed by atoms with Crippen LogP contribution in [0.15, 0.2) is 36.0 Å². The van der Waals surface area contributed by atoms with E-state index in [4.69, 9.17) is 4.74 Å². The smallest absolute Gasteiger partial charge is 0.308 e. The number of fused-ring (bicyclic) bond motifs is 1. The number of aromatic nitrogens is 2. The summed E-state index contributed by atoms with van der Waals surface area (Å²) in [7, 11) is 1.65. The van der Waals surface area contributed by atoms with Gasteiger partial charge in [-0.2, -0.15) is 0 Å². The molecule has 1 aromatic carbocycles. The molecule has 1 aliphatic heterocycles. The van der Waals surface area contributed by atoms with E-state index in [1.807, 2.05) is 24.3 Å². The number of hydrogen-bond donors (Lipinski definition) is 1. The average Bonchev–Trinajstić information content (AvgIpc) is 3.12. The average molecular weight is 369 g/mol. The minimum Gasteiger partial charge on any atom is -0.497 e. The second-order valence-corrected chi connectivity index (χ2v) is 7.24. The third-order valence-electron chi connectivity index (χ3n) is 4.82. The lowest BCUT2D eigenvalue weighted by Crippen LogP contribution is -2.39. The van der Waals surface area contributed by atoms with Crippen LogP contribution < -0.4 is 9.64 Å². The summed E-state index contributed by atoms with van der Waals surface area (Å²) in [6.45, 7) is 1.30. The number of ether oxygens (including phenoxy) is 1. The number of thiophene rings is 1. The van der Waals surface area contributed by atoms with Gasteiger partial charge in [-0.1, -0.05) is 12.1 Å². The lowest BCUT2D eigenvalue weighted by atomic mass is 9.97. The van der Waals surface area contributed by atoms with Gasteiger partial charge in [-0.3, -0.25) is 4.79 Å². The van der Waals surface area contributed by atoms with E-state index in [1.165, 1.54) is 0 Å². The predicted molar refractivity (Wildman–Crippen MR) is 102 cm³/mol. The molecule has 1 fully saturated rings. The van der Waals surface area contributed by atoms with Crippen molar-refractivity contribution in [3.63, 3.8) is 0 Å². The van der Waals surface area contributed by atoms with Gasteiger partial charge in [-0.05, 0) is 30.5 Å². The lowest BCUT2D eigenvalue weighted by molar-refractivity contribution is -0.141. The first-order valence-corrected chi connectivity index (χ1v) is 9.39. The molecule has 0 amide bonds. The molecule has 0 aliphatic carbocycles. The van der Waals surface area contributed by atoms with Crippen molar-refractivity contribution in [2.75, 3.05) is 25.1 Å². The Kier molecular flexibility index (Phi) is 4.46. The lowest BCUT2D eigenvalue weighted by Gasteiger charge is -2.32. The van der Waals surface area contributed by atoms with Gasteiger partial charge in [0.2, 0.25) is 0 Å². The quantitative estimate of drug-likeness (QED) is 0.756. The Morgan fingerprint density at radius 2 is 2.12 bits per heavy atom. The molecule has 1 aliphatic rings. The van der Waals surface area contributed by atoms with Crippen molar-refractivity contribution in [1.82, 2.24) is 9.97 Å². The molecular formula is C19H19N3O3S. The van der Waals surface area contributed by atoms with Gasteiger partial charge in [-0.15, -0.1) is 11.3 Å². The van der Waals surface area contributed by atoms with E-state index in [9.17, 15) is 9.90 Å². The minimum atomic E-state index is -0.735. The van der Waals surface area contributed by atoms with Crippen LogP contribution in [-0.4, -0.2) is 41.2 Å². The molecule has 3 aromatic rings. The summed E-state index contributed by atoms with van der Waals surface area (Å²) >= 11 is 1.58. The minimum absolute atomic E-state index is 0.350. The summed E-state index contributed by atoms with van der Waals surface area (Å²) < 4.78 is 5.24. The van der Waals surface area contributed by atoms with Crippen molar-refractivity contribution >= 4 is 33.3 Å². The SMILES string of the molecule is COc1ccc(-c2csc3ncnc(N4CCC[C@@H](C(=O)O)C4)c23)cc1. The number of carboxylic acids is 1. The van der Waals surface area contributed by atoms with Gasteiger partial charge in [0.15, 0.2) is 0 Å². The first-order valence-electron chi connectivity index (χ1n) is 8.51. The highest BCUT2D eigenvalue weighted by Gasteiger charge is 2.28. The Hall–Kier alpha value is -2.67. The summed E-state index contributed by atoms with van der Waals surface area (Å²) in [6, 6.07) is 7.91. The largest absolute Gasteiger partial charge is 0.497 e. The highest BCUT2D eigenvalue weighted by atomic mass is 32.1. The second-order valence-electron chi connectivity index (χ2n) is 6.38. The molecular weight excluding hydrogens is 350 g/mol. The molecule has 1 N–H and O–H groups in total. The third-order valence-corrected chi connectivity index (χ3v) is 5.71. The molecule has 0 spiro atoms. The molecule has 4 rings (SSSR count). The summed E-state index contributed by atoms with van der Waals surface area (Å²) in [6.07, 6.45) is 3.13. The van der Waals surface area contributed by atoms with Gasteiger partial charge in [0.25, 0.3) is 0 Å². The molecule has 0 unspecified atom stereocenters. The highest BCUT2D eigenvalue weighted by Crippen LogP contribution is 2.39. The number of piperidine rings is 1. The topological polar surface area (TPSA) is 75.6 Å². The van der Waals surface area contributed by atoms with E-state index >= 15 is 0 Å². The van der Waals surface area contributed by atoms with Crippen molar-refractivity contribution in [1.29, 1.82) is 0 Å². The molecule has 0 radical (unpaired) electrons. The zero-order valence-corrected chi connectivity index (χ0v) is 15.2. The molecule has 0 saturated carbocycles. The number of benzene rings is 1. The monoisotopic (exact) mass is 369 g/mol. The first-order chi connectivity index (χ1) is 12.7. The highest BCUT2D eigenvalue weighted by molar-refractivity contribution is 7.17. The molecule has 2 aromatic heterocycles. The van der Waals surface area contributed by atoms with Crippen LogP contribution in [0.25, 0.3) is 21.3 Å². The van der Waals surface area contributed by atoms with Crippen LogP contribution in [-0.2, 0) is 4.79 Å². The Morgan fingerprint density at radius 1 is 1.31 bits per heavy atom. The van der Waals surface area contributed by atoms with Gasteiger partial charge in [-0.25, -0.2) is 9.97 Å². The van der Waals surface area contributed by atoms with E-state index in [2.05, 4.69) is 20.2 Å². The molecule has 1 saturated heterocycles. The first kappa shape index (κ1) is 16.8. The van der Waals surface area contributed by atoms with Crippen molar-refractivity contribution in [3.05, 3.63) is 36.0 Å². The zero-order valence-electron chi connectivity index (χ0n) is 14.4. The molecule has 7 heteroatoms. The van der Waals surface area contributed by atoms with Crippen LogP contribution >= 0.6 is 11.3 Å². The molecule has 134 valence electrons. The van der Waals surface area contributed by atoms with Crippen LogP contribution in [0, 0.1) is 5.92 Å². The number of carboxylic acid groups (broad SMARTS) is 1. The van der Waals surface area contributed by atoms with Crippen LogP contribution in [0.3, 0.4) is 0 Å². The van der Waals surface area contributed by atoms with Crippen molar-refractivity contribution in [3.8, 4) is 16.9 Å². The van der Waals surface area contributed by atoms with Gasteiger partial charge < -0.3 is 14.7 Å². The normalized spacial score (nSPS) is 17.4. The Bertz CT molecular complexity index is 939. The summed E-state index contributed by atoms with van der Waals surface area (Å²) in [5.74, 6) is 0.552. The van der Waals surface area contributed by atoms with Crippen molar-refractivity contribution in [2.24, 2.45) is 5.92 Å². The number of hydrogen-bond acceptors (Lipinski definition) is 6. The number of carbonyl (C=O) groups is 1. The fourth-order valence-corrected chi connectivity index (χ4v) is 4.36. The summed E-state index contributed by atoms with van der Waals surface area (Å²) in [5.41, 5.74) is 2.14. The predicted octanol–water partition coefficient (Wildman–Crippen LogP) is 3.67. The molecule has 1 atom stereocenters. The van der Waals surface area contributed by atoms with E-state index < -0.39 is 5.97 Å². The number of rotatable bonds is 4. The third kappa shape index (κ3) is 2.99. The second kappa shape index (κ2) is 6.92. The maximum atomic E-state index is 11.4. The van der Waals surface area contributed by atoms with E-state index in [1.54, 1.807) is 24.8 Å². The maximum absolute atomic E-state index is 11.4. The van der Waals surface area contributed by atoms with Crippen LogP contribution in [0.2, 0.25) is 0 Å². The molecule has 0 bridgehead atoms. The Labute approximate surface area is 155 Å². The number of anilines is 1. The maximum Gasteiger partial charge on any atom is 0.308 e. The van der Waals surface area contributed by atoms with Crippen LogP contribution in [0.5, 0.6) is 5.75 Å². The molecule has 3 heterocycles. The zero-order chi connectivity index (χ0) is 18.1. The van der Waals surface area contributed by atoms with Gasteiger partial charge in [0.05, 0.1) is 18.4 Å². The molecule has 26 heavy (non-hydrogen) atoms. The fraction of sp³-hybridized carbons (Fsp3) is 0.316. The fourth-order valence-electron chi connectivity index (χ4n) is 3.45. The van der Waals surface area contributed by atoms with Crippen LogP contribution in [0.1, 0.15) is 12.8 Å². The standard InChI is InChI=1S/C19H19N3O3S/c1-25-14-6-4-12(5-7-14)15-10-26-18-16(15)17(20-11-21-18)22-8-2-3-13(9-22)19(23)24/h4-7,10-11,13H,2-3,8-9H2,1H3,(H,23,24)/t13-/m1/s1. The van der Waals surface area contributed by atoms with Crippen LogP contribution in [0.4, 0.5) is 5.82 Å². The summed E-state index contributed by atoms with van der Waals surface area (Å²) in [5, 5.41) is 12.5. The van der Waals surface area contributed by atoms with Crippen molar-refractivity contribution in [2.45, 2.75) is 12.8 Å². The molecule has 6 nitrogen and oxygen atoms in total. The van der Waals surface area contributed by atoms with Gasteiger partial charge in [0, 0.05) is 24.0 Å². The van der Waals surface area contributed by atoms with E-state index in [-0.39, 0.29) is 5.92 Å². The number of nitrogens with zero attached hydrogens (tertiary/aromatic N) is 3. The Morgan fingerprint density at radius 3 is 2.85 bits per heavy atom. The number of aliphatic carboxylic acids is 1. The van der Waals surface area contributed by atoms with E-state index in [0.29, 0.717) is 6.54 Å². The summed E-state index contributed by atoms with van der Waals surface area (Å²) in [4.78, 5) is 23.4. The van der Waals surface area contributed by atoms with E-state index in [0.717, 1.165) is 52.3 Å². The number of methoxy groups -OCH3 is 1. The van der Waals surface area contributed by atoms with Crippen molar-refractivity contribution < 1.29 is 14.6 Å².